The Kier molecular flexibility index (Phi) is 3.48. The second-order valence-corrected chi connectivity index (χ2v) is 5.29. The molecule has 1 aromatic heterocycles. The van der Waals surface area contributed by atoms with Crippen LogP contribution in [0.15, 0.2) is 36.4 Å². The molecule has 0 bridgehead atoms. The summed E-state index contributed by atoms with van der Waals surface area (Å²) in [6.07, 6.45) is 3.22. The van der Waals surface area contributed by atoms with Crippen molar-refractivity contribution in [2.45, 2.75) is 25.3 Å². The Morgan fingerprint density at radius 1 is 1.24 bits per heavy atom. The first-order valence-electron chi connectivity index (χ1n) is 7.06. The highest BCUT2D eigenvalue weighted by molar-refractivity contribution is 5.91. The topological polar surface area (TPSA) is 94.0 Å². The summed E-state index contributed by atoms with van der Waals surface area (Å²) in [5, 5.41) is 3.36. The minimum Gasteiger partial charge on any atom is -0.396 e. The first-order valence-corrected chi connectivity index (χ1v) is 7.06. The first kappa shape index (κ1) is 13.4. The molecule has 1 amide bonds. The number of rotatable bonds is 3. The molecule has 0 fully saturated rings. The molecule has 5 nitrogen and oxygen atoms in total. The third-order valence-electron chi connectivity index (χ3n) is 3.86. The Bertz CT molecular complexity index is 684. The smallest absolute Gasteiger partial charge is 0.267 e. The highest BCUT2D eigenvalue weighted by atomic mass is 16.1. The molecule has 0 aliphatic heterocycles. The van der Waals surface area contributed by atoms with Crippen LogP contribution < -0.4 is 16.8 Å². The molecule has 0 saturated carbocycles. The Labute approximate surface area is 123 Å². The van der Waals surface area contributed by atoms with Gasteiger partial charge in [-0.15, -0.1) is 0 Å². The number of fused-ring (bicyclic) bond motifs is 1. The average Bonchev–Trinajstić information content (AvgIpc) is 2.49. The largest absolute Gasteiger partial charge is 0.396 e. The maximum Gasteiger partial charge on any atom is 0.267 e. The van der Waals surface area contributed by atoms with Gasteiger partial charge in [0.05, 0.1) is 11.7 Å². The van der Waals surface area contributed by atoms with Gasteiger partial charge < -0.3 is 16.8 Å². The third kappa shape index (κ3) is 2.67. The molecule has 1 atom stereocenters. The number of amides is 1. The molecule has 3 rings (SSSR count). The van der Waals surface area contributed by atoms with Crippen LogP contribution in [0.4, 0.5) is 11.5 Å². The molecule has 21 heavy (non-hydrogen) atoms. The molecule has 108 valence electrons. The van der Waals surface area contributed by atoms with Crippen molar-refractivity contribution < 1.29 is 4.79 Å². The number of hydrogen-bond acceptors (Lipinski definition) is 4. The van der Waals surface area contributed by atoms with Crippen molar-refractivity contribution >= 4 is 17.4 Å². The quantitative estimate of drug-likeness (QED) is 0.804. The molecule has 1 heterocycles. The zero-order valence-corrected chi connectivity index (χ0v) is 11.7. The van der Waals surface area contributed by atoms with E-state index in [1.165, 1.54) is 17.2 Å². The first-order chi connectivity index (χ1) is 10.1. The van der Waals surface area contributed by atoms with Crippen molar-refractivity contribution in [1.82, 2.24) is 4.98 Å². The summed E-state index contributed by atoms with van der Waals surface area (Å²) in [6, 6.07) is 11.7. The number of aryl methyl sites for hydroxylation is 1. The van der Waals surface area contributed by atoms with Crippen LogP contribution >= 0.6 is 0 Å². The zero-order valence-electron chi connectivity index (χ0n) is 11.7. The summed E-state index contributed by atoms with van der Waals surface area (Å²) in [5.41, 5.74) is 14.6. The van der Waals surface area contributed by atoms with E-state index in [1.54, 1.807) is 6.07 Å². The maximum absolute atomic E-state index is 11.2. The highest BCUT2D eigenvalue weighted by Crippen LogP contribution is 2.33. The number of pyridine rings is 1. The van der Waals surface area contributed by atoms with Gasteiger partial charge in [-0.3, -0.25) is 4.79 Å². The zero-order chi connectivity index (χ0) is 14.8. The van der Waals surface area contributed by atoms with Crippen molar-refractivity contribution in [3.05, 3.63) is 53.2 Å². The molecule has 1 unspecified atom stereocenters. The predicted molar refractivity (Wildman–Crippen MR) is 82.9 cm³/mol. The standard InChI is InChI=1S/C16H18N4O/c17-12-8-9-14(15(18)21)20-16(12)19-13-7-3-5-10-4-1-2-6-11(10)13/h1-2,4,6,8-9,13H,3,5,7,17H2,(H2,18,21)(H,19,20). The number of aromatic nitrogens is 1. The Morgan fingerprint density at radius 2 is 2.05 bits per heavy atom. The lowest BCUT2D eigenvalue weighted by molar-refractivity contribution is 0.0995. The Balaban J connectivity index is 1.91. The van der Waals surface area contributed by atoms with Gasteiger partial charge in [0.15, 0.2) is 5.82 Å². The van der Waals surface area contributed by atoms with Crippen LogP contribution in [0.25, 0.3) is 0 Å². The van der Waals surface area contributed by atoms with Gasteiger partial charge in [0, 0.05) is 0 Å². The molecule has 1 aliphatic rings. The minimum atomic E-state index is -0.554. The second kappa shape index (κ2) is 5.44. The summed E-state index contributed by atoms with van der Waals surface area (Å²) >= 11 is 0. The summed E-state index contributed by atoms with van der Waals surface area (Å²) < 4.78 is 0. The van der Waals surface area contributed by atoms with Crippen molar-refractivity contribution in [1.29, 1.82) is 0 Å². The number of carbonyl (C=O) groups excluding carboxylic acids is 1. The van der Waals surface area contributed by atoms with Gasteiger partial charge in [-0.1, -0.05) is 24.3 Å². The average molecular weight is 282 g/mol. The molecule has 0 radical (unpaired) electrons. The van der Waals surface area contributed by atoms with E-state index >= 15 is 0 Å². The number of primary amides is 1. The highest BCUT2D eigenvalue weighted by Gasteiger charge is 2.21. The van der Waals surface area contributed by atoms with Gasteiger partial charge in [-0.05, 0) is 42.5 Å². The van der Waals surface area contributed by atoms with Gasteiger partial charge in [0.2, 0.25) is 0 Å². The van der Waals surface area contributed by atoms with Gasteiger partial charge in [0.1, 0.15) is 5.69 Å². The fraction of sp³-hybridized carbons (Fsp3) is 0.250. The summed E-state index contributed by atoms with van der Waals surface area (Å²) in [7, 11) is 0. The molecule has 2 aromatic rings. The van der Waals surface area contributed by atoms with E-state index in [1.807, 2.05) is 6.07 Å². The number of nitrogens with two attached hydrogens (primary N) is 2. The minimum absolute atomic E-state index is 0.160. The number of nitrogens with zero attached hydrogens (tertiary/aromatic N) is 1. The van der Waals surface area contributed by atoms with Crippen molar-refractivity contribution in [3.63, 3.8) is 0 Å². The lowest BCUT2D eigenvalue weighted by Gasteiger charge is -2.27. The van der Waals surface area contributed by atoms with Crippen LogP contribution in [-0.2, 0) is 6.42 Å². The number of nitrogens with one attached hydrogen (secondary N) is 1. The number of hydrogen-bond donors (Lipinski definition) is 3. The maximum atomic E-state index is 11.2. The third-order valence-corrected chi connectivity index (χ3v) is 3.86. The normalized spacial score (nSPS) is 17.0. The van der Waals surface area contributed by atoms with Gasteiger partial charge in [-0.2, -0.15) is 0 Å². The second-order valence-electron chi connectivity index (χ2n) is 5.29. The summed E-state index contributed by atoms with van der Waals surface area (Å²) in [4.78, 5) is 15.5. The molecule has 0 saturated heterocycles. The number of benzene rings is 1. The molecular formula is C16H18N4O. The number of nitrogen functional groups attached to an aromatic ring is 1. The van der Waals surface area contributed by atoms with E-state index < -0.39 is 5.91 Å². The van der Waals surface area contributed by atoms with Gasteiger partial charge in [0.25, 0.3) is 5.91 Å². The molecular weight excluding hydrogens is 264 g/mol. The molecule has 5 heteroatoms. The van der Waals surface area contributed by atoms with Gasteiger partial charge in [-0.25, -0.2) is 4.98 Å². The van der Waals surface area contributed by atoms with Crippen molar-refractivity contribution in [2.24, 2.45) is 5.73 Å². The Hall–Kier alpha value is -2.56. The van der Waals surface area contributed by atoms with Crippen LogP contribution in [0.5, 0.6) is 0 Å². The van der Waals surface area contributed by atoms with Crippen LogP contribution in [0.1, 0.15) is 40.5 Å². The lowest BCUT2D eigenvalue weighted by Crippen LogP contribution is -2.20. The SMILES string of the molecule is NC(=O)c1ccc(N)c(NC2CCCc3ccccc32)n1. The Morgan fingerprint density at radius 3 is 2.86 bits per heavy atom. The fourth-order valence-electron chi connectivity index (χ4n) is 2.79. The van der Waals surface area contributed by atoms with E-state index in [9.17, 15) is 4.79 Å². The van der Waals surface area contributed by atoms with Crippen LogP contribution in [0.3, 0.4) is 0 Å². The summed E-state index contributed by atoms with van der Waals surface area (Å²) in [6.45, 7) is 0. The van der Waals surface area contributed by atoms with E-state index in [0.717, 1.165) is 19.3 Å². The van der Waals surface area contributed by atoms with Crippen LogP contribution in [-0.4, -0.2) is 10.9 Å². The fourth-order valence-corrected chi connectivity index (χ4v) is 2.79. The van der Waals surface area contributed by atoms with E-state index in [0.29, 0.717) is 11.5 Å². The van der Waals surface area contributed by atoms with Crippen LogP contribution in [0.2, 0.25) is 0 Å². The number of carbonyl (C=O) groups is 1. The van der Waals surface area contributed by atoms with Crippen molar-refractivity contribution in [2.75, 3.05) is 11.1 Å². The monoisotopic (exact) mass is 282 g/mol. The van der Waals surface area contributed by atoms with E-state index in [4.69, 9.17) is 11.5 Å². The predicted octanol–water partition coefficient (Wildman–Crippen LogP) is 2.25. The van der Waals surface area contributed by atoms with Gasteiger partial charge >= 0.3 is 0 Å². The molecule has 5 N–H and O–H groups in total. The lowest BCUT2D eigenvalue weighted by atomic mass is 9.88. The van der Waals surface area contributed by atoms with E-state index in [-0.39, 0.29) is 11.7 Å². The van der Waals surface area contributed by atoms with Crippen LogP contribution in [0, 0.1) is 0 Å². The van der Waals surface area contributed by atoms with Crippen molar-refractivity contribution in [3.8, 4) is 0 Å². The number of anilines is 2. The van der Waals surface area contributed by atoms with E-state index in [2.05, 4.69) is 28.5 Å². The molecule has 1 aromatic carbocycles. The summed E-state index contributed by atoms with van der Waals surface area (Å²) in [5.74, 6) is -0.0323. The molecule has 1 aliphatic carbocycles. The molecule has 0 spiro atoms.